The fourth-order valence-electron chi connectivity index (χ4n) is 3.32. The maximum absolute atomic E-state index is 13.5. The van der Waals surface area contributed by atoms with Gasteiger partial charge in [-0.3, -0.25) is 14.2 Å². The van der Waals surface area contributed by atoms with Crippen LogP contribution < -0.4 is 14.2 Å². The Kier molecular flexibility index (Phi) is 6.93. The highest BCUT2D eigenvalue weighted by molar-refractivity contribution is 7.91. The molecule has 0 aliphatic carbocycles. The van der Waals surface area contributed by atoms with Gasteiger partial charge in [0.1, 0.15) is 10.6 Å². The molecule has 0 bridgehead atoms. The molecule has 1 unspecified atom stereocenters. The fraction of sp³-hybridized carbons (Fsp3) is 0.190. The maximum Gasteiger partial charge on any atom is 0.387 e. The standard InChI is InChI=1S/C21H18F2N4O6S2/c1-31-18-7-9-25-16(19(18)32-2)12-34(28)21-26-15-10-13(33-20(22)23)5-6-17(15)27(21)35(29,30)14-4-3-8-24-11-14/h3-11,20H,12H2,1-2H3. The Hall–Kier alpha value is -3.65. The first-order valence-corrected chi connectivity index (χ1v) is 12.6. The zero-order valence-corrected chi connectivity index (χ0v) is 19.9. The van der Waals surface area contributed by atoms with Crippen LogP contribution in [0.2, 0.25) is 0 Å². The molecule has 0 N–H and O–H groups in total. The quantitative estimate of drug-likeness (QED) is 0.325. The number of ether oxygens (including phenoxy) is 3. The molecule has 4 rings (SSSR count). The smallest absolute Gasteiger partial charge is 0.387 e. The van der Waals surface area contributed by atoms with Gasteiger partial charge in [0.15, 0.2) is 11.5 Å². The van der Waals surface area contributed by atoms with Crippen LogP contribution in [0.1, 0.15) is 5.69 Å². The summed E-state index contributed by atoms with van der Waals surface area (Å²) >= 11 is 0. The molecule has 0 saturated heterocycles. The van der Waals surface area contributed by atoms with Crippen LogP contribution in [0, 0.1) is 0 Å². The Morgan fingerprint density at radius 3 is 2.57 bits per heavy atom. The van der Waals surface area contributed by atoms with Gasteiger partial charge >= 0.3 is 6.61 Å². The van der Waals surface area contributed by atoms with Crippen LogP contribution in [0.25, 0.3) is 11.0 Å². The van der Waals surface area contributed by atoms with Crippen molar-refractivity contribution in [2.75, 3.05) is 14.2 Å². The van der Waals surface area contributed by atoms with Gasteiger partial charge in [-0.05, 0) is 24.3 Å². The Balaban J connectivity index is 1.88. The molecular formula is C21H18F2N4O6S2. The molecule has 0 radical (unpaired) electrons. The number of pyridine rings is 2. The van der Waals surface area contributed by atoms with Gasteiger partial charge < -0.3 is 14.2 Å². The second-order valence-corrected chi connectivity index (χ2v) is 10.00. The van der Waals surface area contributed by atoms with Crippen LogP contribution in [-0.2, 0) is 26.6 Å². The predicted molar refractivity (Wildman–Crippen MR) is 121 cm³/mol. The van der Waals surface area contributed by atoms with Crippen LogP contribution >= 0.6 is 0 Å². The summed E-state index contributed by atoms with van der Waals surface area (Å²) in [4.78, 5) is 12.0. The van der Waals surface area contributed by atoms with Gasteiger partial charge in [-0.15, -0.1) is 0 Å². The molecule has 0 spiro atoms. The zero-order valence-electron chi connectivity index (χ0n) is 18.3. The van der Waals surface area contributed by atoms with Gasteiger partial charge in [-0.25, -0.2) is 17.4 Å². The first-order chi connectivity index (χ1) is 16.8. The van der Waals surface area contributed by atoms with Crippen LogP contribution in [0.4, 0.5) is 8.78 Å². The Morgan fingerprint density at radius 1 is 1.11 bits per heavy atom. The Bertz CT molecular complexity index is 1500. The number of alkyl halides is 2. The highest BCUT2D eigenvalue weighted by atomic mass is 32.2. The van der Waals surface area contributed by atoms with Gasteiger partial charge in [0.25, 0.3) is 10.0 Å². The van der Waals surface area contributed by atoms with Crippen molar-refractivity contribution in [2.45, 2.75) is 22.4 Å². The summed E-state index contributed by atoms with van der Waals surface area (Å²) in [5.41, 5.74) is 0.248. The van der Waals surface area contributed by atoms with E-state index in [-0.39, 0.29) is 44.0 Å². The molecule has 10 nitrogen and oxygen atoms in total. The first kappa shape index (κ1) is 24.5. The van der Waals surface area contributed by atoms with Crippen LogP contribution in [-0.4, -0.2) is 52.4 Å². The van der Waals surface area contributed by atoms with E-state index in [1.54, 1.807) is 6.07 Å². The summed E-state index contributed by atoms with van der Waals surface area (Å²) in [5.74, 6) is 0.0741. The SMILES string of the molecule is COc1ccnc(CS(=O)c2nc3cc(OC(F)F)ccc3n2S(=O)(=O)c2cccnc2)c1OC. The summed E-state index contributed by atoms with van der Waals surface area (Å²) < 4.78 is 81.6. The third kappa shape index (κ3) is 4.79. The topological polar surface area (TPSA) is 122 Å². The lowest BCUT2D eigenvalue weighted by molar-refractivity contribution is -0.0497. The van der Waals surface area contributed by atoms with E-state index in [4.69, 9.17) is 9.47 Å². The minimum atomic E-state index is -4.32. The van der Waals surface area contributed by atoms with Crippen molar-refractivity contribution in [1.82, 2.24) is 18.9 Å². The van der Waals surface area contributed by atoms with E-state index in [1.807, 2.05) is 0 Å². The number of nitrogens with zero attached hydrogens (tertiary/aromatic N) is 4. The van der Waals surface area contributed by atoms with E-state index in [1.165, 1.54) is 50.9 Å². The largest absolute Gasteiger partial charge is 0.493 e. The van der Waals surface area contributed by atoms with Crippen molar-refractivity contribution in [2.24, 2.45) is 0 Å². The molecule has 0 aliphatic heterocycles. The monoisotopic (exact) mass is 524 g/mol. The lowest BCUT2D eigenvalue weighted by Gasteiger charge is -2.12. The average Bonchev–Trinajstić information content (AvgIpc) is 3.24. The Morgan fingerprint density at radius 2 is 1.91 bits per heavy atom. The van der Waals surface area contributed by atoms with E-state index < -0.39 is 27.4 Å². The molecule has 0 saturated carbocycles. The summed E-state index contributed by atoms with van der Waals surface area (Å²) in [7, 11) is -3.58. The number of benzene rings is 1. The molecule has 0 amide bonds. The number of fused-ring (bicyclic) bond motifs is 1. The van der Waals surface area contributed by atoms with Crippen LogP contribution in [0.5, 0.6) is 17.2 Å². The van der Waals surface area contributed by atoms with Gasteiger partial charge in [-0.2, -0.15) is 8.78 Å². The van der Waals surface area contributed by atoms with E-state index >= 15 is 0 Å². The molecular weight excluding hydrogens is 506 g/mol. The van der Waals surface area contributed by atoms with E-state index in [2.05, 4.69) is 19.7 Å². The molecule has 3 heterocycles. The number of hydrogen-bond acceptors (Lipinski definition) is 9. The number of rotatable bonds is 9. The third-order valence-corrected chi connectivity index (χ3v) is 7.81. The average molecular weight is 525 g/mol. The fourth-order valence-corrected chi connectivity index (χ4v) is 6.24. The molecule has 4 aromatic rings. The van der Waals surface area contributed by atoms with Crippen molar-refractivity contribution < 1.29 is 35.6 Å². The normalized spacial score (nSPS) is 12.6. The molecule has 0 aliphatic rings. The van der Waals surface area contributed by atoms with E-state index in [9.17, 15) is 21.4 Å². The van der Waals surface area contributed by atoms with Crippen LogP contribution in [0.3, 0.4) is 0 Å². The zero-order chi connectivity index (χ0) is 25.2. The molecule has 184 valence electrons. The summed E-state index contributed by atoms with van der Waals surface area (Å²) in [6.07, 6.45) is 3.96. The highest BCUT2D eigenvalue weighted by Gasteiger charge is 2.29. The number of hydrogen-bond donors (Lipinski definition) is 0. The van der Waals surface area contributed by atoms with Gasteiger partial charge in [0, 0.05) is 30.7 Å². The number of methoxy groups -OCH3 is 2. The number of halogens is 2. The number of imidazole rings is 1. The van der Waals surface area contributed by atoms with Crippen molar-refractivity contribution in [3.63, 3.8) is 0 Å². The predicted octanol–water partition coefficient (Wildman–Crippen LogP) is 2.99. The third-order valence-electron chi connectivity index (χ3n) is 4.79. The van der Waals surface area contributed by atoms with Gasteiger partial charge in [-0.1, -0.05) is 0 Å². The second kappa shape index (κ2) is 9.92. The minimum Gasteiger partial charge on any atom is -0.493 e. The summed E-state index contributed by atoms with van der Waals surface area (Å²) in [5, 5.41) is -0.343. The Labute approximate surface area is 201 Å². The van der Waals surface area contributed by atoms with E-state index in [0.717, 1.165) is 16.2 Å². The van der Waals surface area contributed by atoms with Crippen molar-refractivity contribution in [1.29, 1.82) is 0 Å². The van der Waals surface area contributed by atoms with Crippen molar-refractivity contribution in [3.05, 3.63) is 60.7 Å². The summed E-state index contributed by atoms with van der Waals surface area (Å²) in [6.45, 7) is -3.09. The maximum atomic E-state index is 13.5. The van der Waals surface area contributed by atoms with Crippen molar-refractivity contribution in [3.8, 4) is 17.2 Å². The molecule has 1 atom stereocenters. The molecule has 0 fully saturated rings. The first-order valence-electron chi connectivity index (χ1n) is 9.83. The van der Waals surface area contributed by atoms with Gasteiger partial charge in [0.05, 0.1) is 47.5 Å². The second-order valence-electron chi connectivity index (χ2n) is 6.86. The molecule has 3 aromatic heterocycles. The van der Waals surface area contributed by atoms with Crippen LogP contribution in [0.15, 0.2) is 65.0 Å². The minimum absolute atomic E-state index is 0.00969. The molecule has 1 aromatic carbocycles. The lowest BCUT2D eigenvalue weighted by Crippen LogP contribution is -2.18. The number of aromatic nitrogens is 4. The molecule has 14 heteroatoms. The van der Waals surface area contributed by atoms with Gasteiger partial charge in [0.2, 0.25) is 5.16 Å². The lowest BCUT2D eigenvalue weighted by atomic mass is 10.3. The summed E-state index contributed by atoms with van der Waals surface area (Å²) in [6, 6.07) is 7.87. The molecule has 35 heavy (non-hydrogen) atoms. The van der Waals surface area contributed by atoms with Crippen molar-refractivity contribution >= 4 is 31.9 Å². The highest BCUT2D eigenvalue weighted by Crippen LogP contribution is 2.32. The van der Waals surface area contributed by atoms with E-state index in [0.29, 0.717) is 5.75 Å².